The summed E-state index contributed by atoms with van der Waals surface area (Å²) in [5.41, 5.74) is 1.11. The summed E-state index contributed by atoms with van der Waals surface area (Å²) in [4.78, 5) is 41.4. The number of sulfonamides is 1. The molecule has 0 unspecified atom stereocenters. The summed E-state index contributed by atoms with van der Waals surface area (Å²) in [5, 5.41) is 0. The molecule has 0 aliphatic carbocycles. The third kappa shape index (κ3) is 5.25. The van der Waals surface area contributed by atoms with Crippen molar-refractivity contribution in [2.75, 3.05) is 27.3 Å². The average Bonchev–Trinajstić information content (AvgIpc) is 3.24. The summed E-state index contributed by atoms with van der Waals surface area (Å²) in [5.74, 6) is -1.65. The van der Waals surface area contributed by atoms with E-state index in [9.17, 15) is 22.8 Å². The van der Waals surface area contributed by atoms with Crippen LogP contribution in [0.4, 0.5) is 0 Å². The van der Waals surface area contributed by atoms with Crippen LogP contribution in [0.1, 0.15) is 40.0 Å². The van der Waals surface area contributed by atoms with Crippen molar-refractivity contribution in [2.45, 2.75) is 30.7 Å². The van der Waals surface area contributed by atoms with E-state index >= 15 is 0 Å². The molecule has 36 heavy (non-hydrogen) atoms. The van der Waals surface area contributed by atoms with E-state index < -0.39 is 27.9 Å². The Balaban J connectivity index is 1.69. The Kier molecular flexibility index (Phi) is 7.67. The second-order valence-corrected chi connectivity index (χ2v) is 11.1. The Labute approximate surface area is 211 Å². The first kappa shape index (κ1) is 25.7. The molecule has 0 N–H and O–H groups in total. The molecule has 1 aliphatic heterocycles. The van der Waals surface area contributed by atoms with E-state index in [-0.39, 0.29) is 21.8 Å². The maximum absolute atomic E-state index is 13.0. The quantitative estimate of drug-likeness (QED) is 0.448. The molecule has 0 radical (unpaired) electrons. The molecule has 1 aromatic heterocycles. The number of ether oxygens (including phenoxy) is 2. The maximum Gasteiger partial charge on any atom is 0.337 e. The van der Waals surface area contributed by atoms with Crippen molar-refractivity contribution < 1.29 is 32.3 Å². The highest BCUT2D eigenvalue weighted by Gasteiger charge is 2.26. The lowest BCUT2D eigenvalue weighted by atomic mass is 10.2. The van der Waals surface area contributed by atoms with E-state index in [1.807, 2.05) is 0 Å². The van der Waals surface area contributed by atoms with E-state index in [4.69, 9.17) is 9.47 Å². The fraction of sp³-hybridized carbons (Fsp3) is 0.333. The van der Waals surface area contributed by atoms with Gasteiger partial charge in [0.2, 0.25) is 10.0 Å². The van der Waals surface area contributed by atoms with Gasteiger partial charge in [-0.1, -0.05) is 17.8 Å². The minimum Gasteiger partial charge on any atom is -0.468 e. The number of amides is 1. The Morgan fingerprint density at radius 2 is 1.61 bits per heavy atom. The first-order valence-electron chi connectivity index (χ1n) is 11.2. The number of esters is 2. The first-order valence-corrected chi connectivity index (χ1v) is 13.5. The zero-order chi connectivity index (χ0) is 25.9. The smallest absolute Gasteiger partial charge is 0.337 e. The molecule has 1 saturated heterocycles. The molecule has 190 valence electrons. The van der Waals surface area contributed by atoms with Gasteiger partial charge in [0.1, 0.15) is 6.54 Å². The van der Waals surface area contributed by atoms with Crippen LogP contribution in [0.15, 0.2) is 52.4 Å². The number of hydrogen-bond donors (Lipinski definition) is 0. The highest BCUT2D eigenvalue weighted by atomic mass is 32.2. The lowest BCUT2D eigenvalue weighted by molar-refractivity contribution is -0.141. The third-order valence-electron chi connectivity index (χ3n) is 5.87. The molecule has 1 amide bonds. The molecule has 1 aliphatic rings. The van der Waals surface area contributed by atoms with Crippen molar-refractivity contribution in [3.8, 4) is 0 Å². The molecule has 1 fully saturated rings. The molecule has 12 heteroatoms. The summed E-state index contributed by atoms with van der Waals surface area (Å²) < 4.78 is 38.9. The van der Waals surface area contributed by atoms with Gasteiger partial charge in [0.25, 0.3) is 5.91 Å². The Bertz CT molecular complexity index is 1480. The third-order valence-corrected chi connectivity index (χ3v) is 8.82. The van der Waals surface area contributed by atoms with Gasteiger partial charge in [0.15, 0.2) is 4.80 Å². The van der Waals surface area contributed by atoms with Crippen molar-refractivity contribution in [1.82, 2.24) is 8.87 Å². The van der Waals surface area contributed by atoms with E-state index in [0.717, 1.165) is 30.6 Å². The van der Waals surface area contributed by atoms with Gasteiger partial charge in [-0.05, 0) is 55.3 Å². The lowest BCUT2D eigenvalue weighted by Gasteiger charge is -2.25. The minimum absolute atomic E-state index is 0.124. The fourth-order valence-corrected chi connectivity index (χ4v) is 6.51. The van der Waals surface area contributed by atoms with Crippen molar-refractivity contribution in [3.05, 3.63) is 58.4 Å². The van der Waals surface area contributed by atoms with Gasteiger partial charge in [0, 0.05) is 18.7 Å². The summed E-state index contributed by atoms with van der Waals surface area (Å²) in [6.07, 6.45) is 2.67. The van der Waals surface area contributed by atoms with E-state index in [1.54, 1.807) is 18.2 Å². The largest absolute Gasteiger partial charge is 0.468 e. The molecule has 0 saturated carbocycles. The maximum atomic E-state index is 13.0. The van der Waals surface area contributed by atoms with Gasteiger partial charge in [0.05, 0.1) is 34.9 Å². The van der Waals surface area contributed by atoms with Crippen molar-refractivity contribution >= 4 is 49.4 Å². The Morgan fingerprint density at radius 1 is 0.944 bits per heavy atom. The van der Waals surface area contributed by atoms with E-state index in [0.29, 0.717) is 28.9 Å². The Morgan fingerprint density at radius 3 is 2.25 bits per heavy atom. The normalized spacial score (nSPS) is 15.1. The second kappa shape index (κ2) is 10.7. The number of rotatable bonds is 6. The van der Waals surface area contributed by atoms with Crippen molar-refractivity contribution in [2.24, 2.45) is 4.99 Å². The molecule has 0 spiro atoms. The lowest BCUT2D eigenvalue weighted by Crippen LogP contribution is -2.35. The number of piperidine rings is 1. The minimum atomic E-state index is -3.62. The van der Waals surface area contributed by atoms with Crippen molar-refractivity contribution in [3.63, 3.8) is 0 Å². The van der Waals surface area contributed by atoms with Crippen LogP contribution in [-0.4, -0.2) is 62.4 Å². The number of hydrogen-bond acceptors (Lipinski definition) is 8. The number of fused-ring (bicyclic) bond motifs is 1. The zero-order valence-electron chi connectivity index (χ0n) is 19.8. The van der Waals surface area contributed by atoms with Gasteiger partial charge in [-0.15, -0.1) is 0 Å². The van der Waals surface area contributed by atoms with Gasteiger partial charge in [-0.3, -0.25) is 9.59 Å². The monoisotopic (exact) mass is 531 g/mol. The van der Waals surface area contributed by atoms with Gasteiger partial charge in [-0.25, -0.2) is 13.2 Å². The molecule has 2 aromatic carbocycles. The Hall–Kier alpha value is -3.35. The standard InChI is InChI=1S/C24H25N3O7S2/c1-33-21(28)15-27-19-11-8-17(23(30)34-2)14-20(19)35-24(27)25-22(29)16-6-9-18(10-7-16)36(31,32)26-12-4-3-5-13-26/h6-11,14H,3-5,12-13,15H2,1-2H3. The summed E-state index contributed by atoms with van der Waals surface area (Å²) in [6, 6.07) is 10.5. The van der Waals surface area contributed by atoms with E-state index in [1.165, 1.54) is 47.4 Å². The van der Waals surface area contributed by atoms with Gasteiger partial charge < -0.3 is 14.0 Å². The van der Waals surface area contributed by atoms with Crippen LogP contribution >= 0.6 is 11.3 Å². The van der Waals surface area contributed by atoms with Crippen LogP contribution in [0.3, 0.4) is 0 Å². The van der Waals surface area contributed by atoms with Crippen LogP contribution in [-0.2, 0) is 30.8 Å². The zero-order valence-corrected chi connectivity index (χ0v) is 21.4. The molecular weight excluding hydrogens is 506 g/mol. The second-order valence-electron chi connectivity index (χ2n) is 8.13. The summed E-state index contributed by atoms with van der Waals surface area (Å²) in [6.45, 7) is 0.789. The molecule has 0 bridgehead atoms. The van der Waals surface area contributed by atoms with Gasteiger partial charge >= 0.3 is 11.9 Å². The molecule has 3 aromatic rings. The number of carbonyl (C=O) groups is 3. The van der Waals surface area contributed by atoms with Gasteiger partial charge in [-0.2, -0.15) is 9.30 Å². The van der Waals surface area contributed by atoms with Crippen molar-refractivity contribution in [1.29, 1.82) is 0 Å². The van der Waals surface area contributed by atoms with E-state index in [2.05, 4.69) is 4.99 Å². The number of benzene rings is 2. The fourth-order valence-electron chi connectivity index (χ4n) is 3.93. The summed E-state index contributed by atoms with van der Waals surface area (Å²) in [7, 11) is -1.08. The number of thiazole rings is 1. The molecule has 10 nitrogen and oxygen atoms in total. The molecule has 0 atom stereocenters. The van der Waals surface area contributed by atoms with Crippen LogP contribution in [0, 0.1) is 0 Å². The predicted molar refractivity (Wildman–Crippen MR) is 132 cm³/mol. The number of carbonyl (C=O) groups excluding carboxylic acids is 3. The molecular formula is C24H25N3O7S2. The predicted octanol–water partition coefficient (Wildman–Crippen LogP) is 2.58. The number of nitrogens with zero attached hydrogens (tertiary/aromatic N) is 3. The van der Waals surface area contributed by atoms with Crippen LogP contribution in [0.2, 0.25) is 0 Å². The SMILES string of the molecule is COC(=O)Cn1c(=NC(=O)c2ccc(S(=O)(=O)N3CCCCC3)cc2)sc2cc(C(=O)OC)ccc21. The summed E-state index contributed by atoms with van der Waals surface area (Å²) >= 11 is 1.12. The number of methoxy groups -OCH3 is 2. The van der Waals surface area contributed by atoms with Crippen LogP contribution in [0.25, 0.3) is 10.2 Å². The average molecular weight is 532 g/mol. The molecule has 4 rings (SSSR count). The highest BCUT2D eigenvalue weighted by Crippen LogP contribution is 2.22. The molecule has 2 heterocycles. The van der Waals surface area contributed by atoms with Crippen LogP contribution < -0.4 is 4.80 Å². The first-order chi connectivity index (χ1) is 17.2. The topological polar surface area (TPSA) is 124 Å². The highest BCUT2D eigenvalue weighted by molar-refractivity contribution is 7.89. The number of aromatic nitrogens is 1. The van der Waals surface area contributed by atoms with Crippen LogP contribution in [0.5, 0.6) is 0 Å².